The Balaban J connectivity index is 1.98. The number of aromatic nitrogens is 1. The van der Waals surface area contributed by atoms with E-state index in [2.05, 4.69) is 28.3 Å². The van der Waals surface area contributed by atoms with E-state index in [1.807, 2.05) is 18.2 Å². The highest BCUT2D eigenvalue weighted by molar-refractivity contribution is 5.88. The number of nitrogens with zero attached hydrogens (tertiary/aromatic N) is 1. The normalized spacial score (nSPS) is 17.1. The molecule has 86 valence electrons. The summed E-state index contributed by atoms with van der Waals surface area (Å²) in [5.74, 6) is 0. The lowest BCUT2D eigenvalue weighted by atomic mass is 9.96. The Morgan fingerprint density at radius 3 is 2.71 bits per heavy atom. The lowest BCUT2D eigenvalue weighted by molar-refractivity contribution is 0.316. The third kappa shape index (κ3) is 1.84. The molecular weight excluding hydrogens is 212 g/mol. The van der Waals surface area contributed by atoms with Gasteiger partial charge in [0.1, 0.15) is 0 Å². The molecule has 0 fully saturated rings. The van der Waals surface area contributed by atoms with Crippen LogP contribution in [0.1, 0.15) is 17.7 Å². The van der Waals surface area contributed by atoms with E-state index in [-0.39, 0.29) is 0 Å². The molecule has 0 saturated heterocycles. The second kappa shape index (κ2) is 4.09. The third-order valence-corrected chi connectivity index (χ3v) is 3.28. The Morgan fingerprint density at radius 1 is 1.12 bits per heavy atom. The lowest BCUT2D eigenvalue weighted by Crippen LogP contribution is -2.12. The fraction of sp³-hybridized carbons (Fsp3) is 0.214. The molecule has 1 heterocycles. The van der Waals surface area contributed by atoms with Crippen molar-refractivity contribution in [3.05, 3.63) is 47.7 Å². The van der Waals surface area contributed by atoms with Crippen LogP contribution in [0.25, 0.3) is 11.3 Å². The van der Waals surface area contributed by atoms with Crippen LogP contribution in [0.3, 0.4) is 0 Å². The molecule has 0 amide bonds. The second-order valence-corrected chi connectivity index (χ2v) is 4.40. The average Bonchev–Trinajstić information content (AvgIpc) is 2.82. The molecule has 1 aromatic carbocycles. The lowest BCUT2D eigenvalue weighted by Gasteiger charge is -2.11. The Kier molecular flexibility index (Phi) is 2.44. The first-order chi connectivity index (χ1) is 8.36. The van der Waals surface area contributed by atoms with Gasteiger partial charge in [-0.2, -0.15) is 0 Å². The summed E-state index contributed by atoms with van der Waals surface area (Å²) in [7, 11) is 0. The summed E-state index contributed by atoms with van der Waals surface area (Å²) in [4.78, 5) is 3.46. The highest BCUT2D eigenvalue weighted by Gasteiger charge is 2.17. The maximum Gasteiger partial charge on any atom is 0.0619 e. The van der Waals surface area contributed by atoms with Crippen LogP contribution in [-0.2, 0) is 12.8 Å². The molecule has 2 aromatic rings. The Morgan fingerprint density at radius 2 is 1.94 bits per heavy atom. The summed E-state index contributed by atoms with van der Waals surface area (Å²) in [6.07, 6.45) is 2.54. The molecule has 0 saturated carbocycles. The van der Waals surface area contributed by atoms with Gasteiger partial charge in [-0.15, -0.1) is 0 Å². The van der Waals surface area contributed by atoms with Crippen molar-refractivity contribution >= 4 is 5.71 Å². The summed E-state index contributed by atoms with van der Waals surface area (Å²) in [5, 5.41) is 12.1. The van der Waals surface area contributed by atoms with Gasteiger partial charge < -0.3 is 10.2 Å². The molecule has 1 aliphatic rings. The zero-order valence-electron chi connectivity index (χ0n) is 9.48. The predicted molar refractivity (Wildman–Crippen MR) is 67.5 cm³/mol. The number of fused-ring (bicyclic) bond motifs is 1. The fourth-order valence-electron chi connectivity index (χ4n) is 2.36. The molecule has 17 heavy (non-hydrogen) atoms. The van der Waals surface area contributed by atoms with E-state index in [1.165, 1.54) is 16.8 Å². The van der Waals surface area contributed by atoms with Crippen molar-refractivity contribution in [2.45, 2.75) is 19.3 Å². The fourth-order valence-corrected chi connectivity index (χ4v) is 2.36. The van der Waals surface area contributed by atoms with E-state index >= 15 is 0 Å². The molecule has 1 aliphatic carbocycles. The Labute approximate surface area is 99.8 Å². The van der Waals surface area contributed by atoms with E-state index in [0.29, 0.717) is 0 Å². The van der Waals surface area contributed by atoms with Gasteiger partial charge in [-0.25, -0.2) is 0 Å². The first kappa shape index (κ1) is 10.1. The molecule has 3 nitrogen and oxygen atoms in total. The van der Waals surface area contributed by atoms with E-state index < -0.39 is 0 Å². The maximum absolute atomic E-state index is 8.82. The van der Waals surface area contributed by atoms with Gasteiger partial charge in [0.05, 0.1) is 5.71 Å². The minimum atomic E-state index is 0.759. The van der Waals surface area contributed by atoms with Crippen molar-refractivity contribution in [1.29, 1.82) is 0 Å². The van der Waals surface area contributed by atoms with E-state index in [1.54, 1.807) is 0 Å². The first-order valence-electron chi connectivity index (χ1n) is 5.83. The number of aromatic amines is 1. The number of rotatable bonds is 1. The van der Waals surface area contributed by atoms with Crippen molar-refractivity contribution in [2.24, 2.45) is 5.16 Å². The van der Waals surface area contributed by atoms with Crippen LogP contribution >= 0.6 is 0 Å². The van der Waals surface area contributed by atoms with Gasteiger partial charge in [0, 0.05) is 17.8 Å². The monoisotopic (exact) mass is 226 g/mol. The number of hydrogen-bond acceptors (Lipinski definition) is 2. The third-order valence-electron chi connectivity index (χ3n) is 3.28. The number of aryl methyl sites for hydroxylation is 1. The largest absolute Gasteiger partial charge is 0.411 e. The molecule has 0 bridgehead atoms. The molecule has 0 aliphatic heterocycles. The zero-order valence-corrected chi connectivity index (χ0v) is 9.48. The summed E-state index contributed by atoms with van der Waals surface area (Å²) < 4.78 is 0. The molecule has 3 heteroatoms. The van der Waals surface area contributed by atoms with Crippen LogP contribution < -0.4 is 0 Å². The molecule has 0 atom stereocenters. The summed E-state index contributed by atoms with van der Waals surface area (Å²) in [5.41, 5.74) is 5.74. The van der Waals surface area contributed by atoms with Crippen molar-refractivity contribution in [3.8, 4) is 11.3 Å². The molecule has 0 radical (unpaired) electrons. The molecule has 0 spiro atoms. The van der Waals surface area contributed by atoms with Gasteiger partial charge in [-0.3, -0.25) is 0 Å². The molecule has 3 rings (SSSR count). The number of hydrogen-bond donors (Lipinski definition) is 2. The highest BCUT2D eigenvalue weighted by Crippen LogP contribution is 2.26. The molecule has 0 unspecified atom stereocenters. The minimum Gasteiger partial charge on any atom is -0.411 e. The second-order valence-electron chi connectivity index (χ2n) is 4.40. The highest BCUT2D eigenvalue weighted by atomic mass is 16.4. The molecule has 2 N–H and O–H groups in total. The van der Waals surface area contributed by atoms with Gasteiger partial charge >= 0.3 is 0 Å². The van der Waals surface area contributed by atoms with Crippen molar-refractivity contribution in [1.82, 2.24) is 4.98 Å². The van der Waals surface area contributed by atoms with Gasteiger partial charge in [-0.05, 0) is 30.0 Å². The van der Waals surface area contributed by atoms with Crippen molar-refractivity contribution in [3.63, 3.8) is 0 Å². The topological polar surface area (TPSA) is 48.4 Å². The number of H-pyrrole nitrogens is 1. The van der Waals surface area contributed by atoms with E-state index in [0.717, 1.165) is 30.7 Å². The Bertz CT molecular complexity index is 555. The summed E-state index contributed by atoms with van der Waals surface area (Å²) in [6.45, 7) is 0. The van der Waals surface area contributed by atoms with Gasteiger partial charge in [0.25, 0.3) is 0 Å². The standard InChI is InChI=1S/C14H14N2O/c17-16-12-6-7-13-11(8-12)9-14(15-13)10-4-2-1-3-5-10/h1-5,9,15,17H,6-8H2. The molecule has 1 aromatic heterocycles. The number of benzene rings is 1. The molecular formula is C14H14N2O. The number of nitrogens with one attached hydrogen (secondary N) is 1. The SMILES string of the molecule is ON=C1CCc2[nH]c(-c3ccccc3)cc2C1. The summed E-state index contributed by atoms with van der Waals surface area (Å²) in [6, 6.07) is 12.4. The van der Waals surface area contributed by atoms with Crippen LogP contribution in [-0.4, -0.2) is 15.9 Å². The van der Waals surface area contributed by atoms with Crippen molar-refractivity contribution < 1.29 is 5.21 Å². The maximum atomic E-state index is 8.82. The number of oxime groups is 1. The van der Waals surface area contributed by atoms with Gasteiger partial charge in [-0.1, -0.05) is 35.5 Å². The van der Waals surface area contributed by atoms with Crippen molar-refractivity contribution in [2.75, 3.05) is 0 Å². The predicted octanol–water partition coefficient (Wildman–Crippen LogP) is 3.00. The first-order valence-corrected chi connectivity index (χ1v) is 5.83. The van der Waals surface area contributed by atoms with Crippen LogP contribution in [0.2, 0.25) is 0 Å². The van der Waals surface area contributed by atoms with Gasteiger partial charge in [0.2, 0.25) is 0 Å². The van der Waals surface area contributed by atoms with Crippen LogP contribution in [0, 0.1) is 0 Å². The summed E-state index contributed by atoms with van der Waals surface area (Å²) >= 11 is 0. The van der Waals surface area contributed by atoms with E-state index in [9.17, 15) is 0 Å². The Hall–Kier alpha value is -2.03. The van der Waals surface area contributed by atoms with Crippen LogP contribution in [0.15, 0.2) is 41.6 Å². The van der Waals surface area contributed by atoms with Gasteiger partial charge in [0.15, 0.2) is 0 Å². The quantitative estimate of drug-likeness (QED) is 0.570. The minimum absolute atomic E-state index is 0.759. The smallest absolute Gasteiger partial charge is 0.0619 e. The average molecular weight is 226 g/mol. The zero-order chi connectivity index (χ0) is 11.7. The van der Waals surface area contributed by atoms with Crippen LogP contribution in [0.4, 0.5) is 0 Å². The van der Waals surface area contributed by atoms with Crippen LogP contribution in [0.5, 0.6) is 0 Å². The van der Waals surface area contributed by atoms with E-state index in [4.69, 9.17) is 5.21 Å².